The first-order chi connectivity index (χ1) is 8.49. The van der Waals surface area contributed by atoms with Gasteiger partial charge in [0.2, 0.25) is 0 Å². The van der Waals surface area contributed by atoms with Crippen molar-refractivity contribution in [3.8, 4) is 11.3 Å². The third kappa shape index (κ3) is 2.25. The van der Waals surface area contributed by atoms with Crippen molar-refractivity contribution in [1.82, 2.24) is 9.78 Å². The third-order valence-electron chi connectivity index (χ3n) is 2.85. The maximum Gasteiger partial charge on any atom is 0.309 e. The van der Waals surface area contributed by atoms with Gasteiger partial charge in [-0.3, -0.25) is 9.48 Å². The lowest BCUT2D eigenvalue weighted by atomic mass is 10.1. The molecular formula is C13H13FN2O2. The summed E-state index contributed by atoms with van der Waals surface area (Å²) < 4.78 is 14.7. The van der Waals surface area contributed by atoms with Crippen LogP contribution in [0, 0.1) is 12.7 Å². The quantitative estimate of drug-likeness (QED) is 0.905. The molecule has 0 spiro atoms. The van der Waals surface area contributed by atoms with Gasteiger partial charge in [-0.25, -0.2) is 4.39 Å². The predicted molar refractivity (Wildman–Crippen MR) is 64.7 cm³/mol. The SMILES string of the molecule is Cc1c(-c2cccc(F)c2)nn(C)c1CC(=O)O. The number of benzene rings is 1. The van der Waals surface area contributed by atoms with Gasteiger partial charge in [0.05, 0.1) is 17.8 Å². The fraction of sp³-hybridized carbons (Fsp3) is 0.231. The first-order valence-electron chi connectivity index (χ1n) is 5.49. The molecule has 1 aromatic carbocycles. The van der Waals surface area contributed by atoms with Gasteiger partial charge >= 0.3 is 5.97 Å². The smallest absolute Gasteiger partial charge is 0.309 e. The second-order valence-corrected chi connectivity index (χ2v) is 4.12. The Morgan fingerprint density at radius 1 is 1.50 bits per heavy atom. The van der Waals surface area contributed by atoms with Crippen LogP contribution in [0.25, 0.3) is 11.3 Å². The normalized spacial score (nSPS) is 10.6. The average molecular weight is 248 g/mol. The van der Waals surface area contributed by atoms with Gasteiger partial charge in [-0.1, -0.05) is 12.1 Å². The highest BCUT2D eigenvalue weighted by Crippen LogP contribution is 2.25. The van der Waals surface area contributed by atoms with Crippen molar-refractivity contribution in [2.24, 2.45) is 7.05 Å². The summed E-state index contributed by atoms with van der Waals surface area (Å²) >= 11 is 0. The van der Waals surface area contributed by atoms with Crippen LogP contribution in [-0.4, -0.2) is 20.9 Å². The molecule has 0 fully saturated rings. The van der Waals surface area contributed by atoms with E-state index >= 15 is 0 Å². The van der Waals surface area contributed by atoms with Crippen molar-refractivity contribution in [2.75, 3.05) is 0 Å². The van der Waals surface area contributed by atoms with Crippen molar-refractivity contribution in [1.29, 1.82) is 0 Å². The summed E-state index contributed by atoms with van der Waals surface area (Å²) in [4.78, 5) is 10.8. The highest BCUT2D eigenvalue weighted by molar-refractivity contribution is 5.72. The van der Waals surface area contributed by atoms with E-state index in [1.54, 1.807) is 26.1 Å². The molecule has 0 aliphatic rings. The summed E-state index contributed by atoms with van der Waals surface area (Å²) in [5.41, 5.74) is 2.67. The molecule has 0 atom stereocenters. The van der Waals surface area contributed by atoms with Crippen LogP contribution < -0.4 is 0 Å². The van der Waals surface area contributed by atoms with Gasteiger partial charge in [0, 0.05) is 12.6 Å². The Morgan fingerprint density at radius 2 is 2.22 bits per heavy atom. The molecule has 0 aliphatic carbocycles. The maximum atomic E-state index is 13.2. The maximum absolute atomic E-state index is 13.2. The fourth-order valence-corrected chi connectivity index (χ4v) is 1.96. The van der Waals surface area contributed by atoms with E-state index < -0.39 is 5.97 Å². The minimum absolute atomic E-state index is 0.0926. The Bertz CT molecular complexity index is 605. The molecule has 1 heterocycles. The third-order valence-corrected chi connectivity index (χ3v) is 2.85. The zero-order valence-corrected chi connectivity index (χ0v) is 10.1. The van der Waals surface area contributed by atoms with Crippen molar-refractivity contribution in [2.45, 2.75) is 13.3 Å². The van der Waals surface area contributed by atoms with Crippen LogP contribution in [0.1, 0.15) is 11.3 Å². The number of carboxylic acid groups (broad SMARTS) is 1. The molecule has 0 saturated heterocycles. The summed E-state index contributed by atoms with van der Waals surface area (Å²) in [7, 11) is 1.69. The predicted octanol–water partition coefficient (Wildman–Crippen LogP) is 2.16. The van der Waals surface area contributed by atoms with Gasteiger partial charge in [0.25, 0.3) is 0 Å². The van der Waals surface area contributed by atoms with E-state index in [1.165, 1.54) is 16.8 Å². The van der Waals surface area contributed by atoms with Gasteiger partial charge in [-0.15, -0.1) is 0 Å². The number of rotatable bonds is 3. The molecule has 4 nitrogen and oxygen atoms in total. The van der Waals surface area contributed by atoms with Crippen LogP contribution in [0.15, 0.2) is 24.3 Å². The molecule has 0 amide bonds. The van der Waals surface area contributed by atoms with E-state index in [-0.39, 0.29) is 12.2 Å². The lowest BCUT2D eigenvalue weighted by Gasteiger charge is -2.00. The van der Waals surface area contributed by atoms with Crippen LogP contribution in [0.2, 0.25) is 0 Å². The first kappa shape index (κ1) is 12.3. The van der Waals surface area contributed by atoms with E-state index in [2.05, 4.69) is 5.10 Å². The number of aryl methyl sites for hydroxylation is 1. The Balaban J connectivity index is 2.50. The molecule has 18 heavy (non-hydrogen) atoms. The number of aliphatic carboxylic acids is 1. The van der Waals surface area contributed by atoms with Crippen LogP contribution in [0.5, 0.6) is 0 Å². The molecule has 94 valence electrons. The molecule has 0 saturated carbocycles. The molecule has 1 N–H and O–H groups in total. The highest BCUT2D eigenvalue weighted by Gasteiger charge is 2.16. The summed E-state index contributed by atoms with van der Waals surface area (Å²) in [6, 6.07) is 6.11. The first-order valence-corrected chi connectivity index (χ1v) is 5.49. The number of halogens is 1. The number of hydrogen-bond donors (Lipinski definition) is 1. The summed E-state index contributed by atoms with van der Waals surface area (Å²) in [6.07, 6.45) is -0.0926. The van der Waals surface area contributed by atoms with Gasteiger partial charge < -0.3 is 5.11 Å². The standard InChI is InChI=1S/C13H13FN2O2/c1-8-11(7-12(17)18)16(2)15-13(8)9-4-3-5-10(14)6-9/h3-6H,7H2,1-2H3,(H,17,18). The summed E-state index contributed by atoms with van der Waals surface area (Å²) in [5, 5.41) is 13.1. The van der Waals surface area contributed by atoms with Crippen molar-refractivity contribution in [3.05, 3.63) is 41.3 Å². The lowest BCUT2D eigenvalue weighted by molar-refractivity contribution is -0.136. The lowest BCUT2D eigenvalue weighted by Crippen LogP contribution is -2.06. The number of carbonyl (C=O) groups is 1. The second-order valence-electron chi connectivity index (χ2n) is 4.12. The van der Waals surface area contributed by atoms with E-state index in [0.29, 0.717) is 17.0 Å². The zero-order chi connectivity index (χ0) is 13.3. The highest BCUT2D eigenvalue weighted by atomic mass is 19.1. The van der Waals surface area contributed by atoms with E-state index in [1.807, 2.05) is 0 Å². The molecule has 0 unspecified atom stereocenters. The van der Waals surface area contributed by atoms with Gasteiger partial charge in [0.15, 0.2) is 0 Å². The molecule has 2 aromatic rings. The molecule has 1 aromatic heterocycles. The van der Waals surface area contributed by atoms with Crippen molar-refractivity contribution in [3.63, 3.8) is 0 Å². The molecule has 0 bridgehead atoms. The minimum Gasteiger partial charge on any atom is -0.481 e. The van der Waals surface area contributed by atoms with Crippen LogP contribution in [0.4, 0.5) is 4.39 Å². The molecule has 0 radical (unpaired) electrons. The molecular weight excluding hydrogens is 235 g/mol. The second kappa shape index (κ2) is 4.60. The summed E-state index contributed by atoms with van der Waals surface area (Å²) in [5.74, 6) is -1.25. The van der Waals surface area contributed by atoms with Gasteiger partial charge in [0.1, 0.15) is 5.82 Å². The zero-order valence-electron chi connectivity index (χ0n) is 10.1. The number of nitrogens with zero attached hydrogens (tertiary/aromatic N) is 2. The molecule has 5 heteroatoms. The average Bonchev–Trinajstić information content (AvgIpc) is 2.56. The Hall–Kier alpha value is -2.17. The van der Waals surface area contributed by atoms with E-state index in [0.717, 1.165) is 5.56 Å². The summed E-state index contributed by atoms with van der Waals surface area (Å²) in [6.45, 7) is 1.80. The minimum atomic E-state index is -0.910. The topological polar surface area (TPSA) is 55.1 Å². The van der Waals surface area contributed by atoms with Crippen molar-refractivity contribution < 1.29 is 14.3 Å². The number of aromatic nitrogens is 2. The molecule has 0 aliphatic heterocycles. The Kier molecular flexibility index (Phi) is 3.14. The Morgan fingerprint density at radius 3 is 2.83 bits per heavy atom. The Labute approximate surface area is 104 Å². The largest absolute Gasteiger partial charge is 0.481 e. The molecule has 2 rings (SSSR count). The van der Waals surface area contributed by atoms with Crippen LogP contribution in [0.3, 0.4) is 0 Å². The van der Waals surface area contributed by atoms with Crippen molar-refractivity contribution >= 4 is 5.97 Å². The monoisotopic (exact) mass is 248 g/mol. The van der Waals surface area contributed by atoms with Gasteiger partial charge in [-0.2, -0.15) is 5.10 Å². The number of carboxylic acids is 1. The van der Waals surface area contributed by atoms with E-state index in [9.17, 15) is 9.18 Å². The van der Waals surface area contributed by atoms with E-state index in [4.69, 9.17) is 5.11 Å². The fourth-order valence-electron chi connectivity index (χ4n) is 1.96. The van der Waals surface area contributed by atoms with Gasteiger partial charge in [-0.05, 0) is 24.6 Å². The van der Waals surface area contributed by atoms with Crippen LogP contribution >= 0.6 is 0 Å². The number of hydrogen-bond acceptors (Lipinski definition) is 2. The van der Waals surface area contributed by atoms with Crippen LogP contribution in [-0.2, 0) is 18.3 Å².